The van der Waals surface area contributed by atoms with Gasteiger partial charge in [0.15, 0.2) is 0 Å². The molecule has 1 aromatic rings. The molecule has 0 aliphatic heterocycles. The zero-order chi connectivity index (χ0) is 17.0. The van der Waals surface area contributed by atoms with Crippen LogP contribution < -0.4 is 4.72 Å². The molecule has 0 aliphatic rings. The number of benzene rings is 1. The maximum Gasteiger partial charge on any atom is 0.240 e. The monoisotopic (exact) mass is 327 g/mol. The van der Waals surface area contributed by atoms with Gasteiger partial charge in [-0.2, -0.15) is 0 Å². The van der Waals surface area contributed by atoms with Crippen molar-refractivity contribution < 1.29 is 13.5 Å². The highest BCUT2D eigenvalue weighted by molar-refractivity contribution is 7.89. The minimum Gasteiger partial charge on any atom is -0.388 e. The molecule has 0 bridgehead atoms. The van der Waals surface area contributed by atoms with E-state index < -0.39 is 21.7 Å². The molecule has 0 spiro atoms. The fourth-order valence-corrected chi connectivity index (χ4v) is 3.88. The SMILES string of the molecule is CCC(O)(CC)[C@H](CC(C)C)NS(=O)(=O)c1ccc(C)cc1. The molecule has 0 heterocycles. The van der Waals surface area contributed by atoms with Crippen LogP contribution >= 0.6 is 0 Å². The second-order valence-electron chi connectivity index (χ2n) is 6.43. The highest BCUT2D eigenvalue weighted by Crippen LogP contribution is 2.26. The van der Waals surface area contributed by atoms with Crippen LogP contribution in [0.3, 0.4) is 0 Å². The quantitative estimate of drug-likeness (QED) is 0.770. The second-order valence-corrected chi connectivity index (χ2v) is 8.14. The van der Waals surface area contributed by atoms with Gasteiger partial charge >= 0.3 is 0 Å². The largest absolute Gasteiger partial charge is 0.388 e. The van der Waals surface area contributed by atoms with Crippen molar-refractivity contribution >= 4 is 10.0 Å². The Morgan fingerprint density at radius 1 is 1.14 bits per heavy atom. The minimum atomic E-state index is -3.64. The third kappa shape index (κ3) is 4.80. The molecule has 2 N–H and O–H groups in total. The summed E-state index contributed by atoms with van der Waals surface area (Å²) in [6.45, 7) is 9.74. The van der Waals surface area contributed by atoms with E-state index in [-0.39, 0.29) is 10.8 Å². The smallest absolute Gasteiger partial charge is 0.240 e. The van der Waals surface area contributed by atoms with E-state index in [1.165, 1.54) is 0 Å². The highest BCUT2D eigenvalue weighted by atomic mass is 32.2. The summed E-state index contributed by atoms with van der Waals surface area (Å²) in [5, 5.41) is 10.8. The van der Waals surface area contributed by atoms with Crippen LogP contribution in [0, 0.1) is 12.8 Å². The Morgan fingerprint density at radius 3 is 2.05 bits per heavy atom. The summed E-state index contributed by atoms with van der Waals surface area (Å²) >= 11 is 0. The van der Waals surface area contributed by atoms with Crippen LogP contribution in [-0.4, -0.2) is 25.2 Å². The summed E-state index contributed by atoms with van der Waals surface area (Å²) in [6.07, 6.45) is 1.62. The molecule has 0 saturated carbocycles. The summed E-state index contributed by atoms with van der Waals surface area (Å²) in [5.74, 6) is 0.287. The van der Waals surface area contributed by atoms with E-state index in [1.807, 2.05) is 34.6 Å². The number of aliphatic hydroxyl groups is 1. The van der Waals surface area contributed by atoms with E-state index in [9.17, 15) is 13.5 Å². The topological polar surface area (TPSA) is 66.4 Å². The van der Waals surface area contributed by atoms with Crippen LogP contribution in [0.15, 0.2) is 29.2 Å². The molecule has 0 unspecified atom stereocenters. The van der Waals surface area contributed by atoms with E-state index >= 15 is 0 Å². The van der Waals surface area contributed by atoms with Crippen molar-refractivity contribution in [1.29, 1.82) is 0 Å². The lowest BCUT2D eigenvalue weighted by Gasteiger charge is -2.36. The summed E-state index contributed by atoms with van der Waals surface area (Å²) in [7, 11) is -3.64. The zero-order valence-electron chi connectivity index (χ0n) is 14.3. The Hall–Kier alpha value is -0.910. The molecule has 1 aromatic carbocycles. The highest BCUT2D eigenvalue weighted by Gasteiger charge is 2.36. The van der Waals surface area contributed by atoms with E-state index in [4.69, 9.17) is 0 Å². The minimum absolute atomic E-state index is 0.237. The number of hydrogen-bond acceptors (Lipinski definition) is 3. The first-order valence-corrected chi connectivity index (χ1v) is 9.44. The van der Waals surface area contributed by atoms with Crippen LogP contribution in [0.5, 0.6) is 0 Å². The van der Waals surface area contributed by atoms with Gasteiger partial charge < -0.3 is 5.11 Å². The van der Waals surface area contributed by atoms with Gasteiger partial charge in [-0.15, -0.1) is 0 Å². The molecular weight excluding hydrogens is 298 g/mol. The van der Waals surface area contributed by atoms with Gasteiger partial charge in [0, 0.05) is 0 Å². The fourth-order valence-electron chi connectivity index (χ4n) is 2.56. The third-order valence-corrected chi connectivity index (χ3v) is 5.70. The van der Waals surface area contributed by atoms with Crippen molar-refractivity contribution in [2.24, 2.45) is 5.92 Å². The Morgan fingerprint density at radius 2 is 1.64 bits per heavy atom. The molecular formula is C17H29NO3S. The average molecular weight is 327 g/mol. The molecule has 0 aromatic heterocycles. The predicted molar refractivity (Wildman–Crippen MR) is 90.3 cm³/mol. The number of sulfonamides is 1. The van der Waals surface area contributed by atoms with Gasteiger partial charge in [0.25, 0.3) is 0 Å². The van der Waals surface area contributed by atoms with Gasteiger partial charge in [0.05, 0.1) is 16.5 Å². The number of nitrogens with one attached hydrogen (secondary N) is 1. The average Bonchev–Trinajstić information content (AvgIpc) is 2.45. The molecule has 0 amide bonds. The Bertz CT molecular complexity index is 560. The third-order valence-electron chi connectivity index (χ3n) is 4.21. The predicted octanol–water partition coefficient (Wildman–Crippen LogP) is 3.24. The van der Waals surface area contributed by atoms with Crippen molar-refractivity contribution in [1.82, 2.24) is 4.72 Å². The van der Waals surface area contributed by atoms with Gasteiger partial charge in [0.1, 0.15) is 0 Å². The fraction of sp³-hybridized carbons (Fsp3) is 0.647. The van der Waals surface area contributed by atoms with Crippen molar-refractivity contribution in [3.8, 4) is 0 Å². The first kappa shape index (κ1) is 19.1. The van der Waals surface area contributed by atoms with Gasteiger partial charge in [-0.25, -0.2) is 13.1 Å². The van der Waals surface area contributed by atoms with E-state index in [0.717, 1.165) is 5.56 Å². The molecule has 126 valence electrons. The van der Waals surface area contributed by atoms with E-state index in [2.05, 4.69) is 4.72 Å². The van der Waals surface area contributed by atoms with Gasteiger partial charge in [0.2, 0.25) is 10.0 Å². The Kier molecular flexibility index (Phi) is 6.59. The lowest BCUT2D eigenvalue weighted by molar-refractivity contribution is -0.00499. The first-order chi connectivity index (χ1) is 10.1. The summed E-state index contributed by atoms with van der Waals surface area (Å²) < 4.78 is 27.9. The normalized spacial score (nSPS) is 14.3. The van der Waals surface area contributed by atoms with Crippen molar-refractivity contribution in [3.05, 3.63) is 29.8 Å². The molecule has 1 rings (SSSR count). The molecule has 0 radical (unpaired) electrons. The molecule has 22 heavy (non-hydrogen) atoms. The van der Waals surface area contributed by atoms with Crippen LogP contribution in [0.1, 0.15) is 52.5 Å². The van der Waals surface area contributed by atoms with Gasteiger partial charge in [-0.3, -0.25) is 0 Å². The standard InChI is InChI=1S/C17H29NO3S/c1-6-17(19,7-2)16(12-13(3)4)18-22(20,21)15-10-8-14(5)9-11-15/h8-11,13,16,18-19H,6-7,12H2,1-5H3/t16-/m0/s1. The maximum atomic E-state index is 12.6. The van der Waals surface area contributed by atoms with Gasteiger partial charge in [-0.05, 0) is 44.2 Å². The second kappa shape index (κ2) is 7.57. The van der Waals surface area contributed by atoms with Crippen molar-refractivity contribution in [2.45, 2.75) is 70.4 Å². The number of hydrogen-bond donors (Lipinski definition) is 2. The van der Waals surface area contributed by atoms with Crippen molar-refractivity contribution in [2.75, 3.05) is 0 Å². The lowest BCUT2D eigenvalue weighted by Crippen LogP contribution is -2.52. The molecule has 4 nitrogen and oxygen atoms in total. The van der Waals surface area contributed by atoms with E-state index in [1.54, 1.807) is 24.3 Å². The van der Waals surface area contributed by atoms with Crippen molar-refractivity contribution in [3.63, 3.8) is 0 Å². The summed E-state index contributed by atoms with van der Waals surface area (Å²) in [4.78, 5) is 0.237. The number of rotatable bonds is 8. The first-order valence-electron chi connectivity index (χ1n) is 7.96. The zero-order valence-corrected chi connectivity index (χ0v) is 15.1. The lowest BCUT2D eigenvalue weighted by atomic mass is 9.84. The van der Waals surface area contributed by atoms with Crippen LogP contribution in [-0.2, 0) is 10.0 Å². The van der Waals surface area contributed by atoms with Gasteiger partial charge in [-0.1, -0.05) is 45.4 Å². The molecule has 0 fully saturated rings. The molecule has 5 heteroatoms. The molecule has 1 atom stereocenters. The molecule has 0 saturated heterocycles. The Balaban J connectivity index is 3.09. The van der Waals surface area contributed by atoms with Crippen LogP contribution in [0.25, 0.3) is 0 Å². The van der Waals surface area contributed by atoms with E-state index in [0.29, 0.717) is 19.3 Å². The van der Waals surface area contributed by atoms with Crippen LogP contribution in [0.2, 0.25) is 0 Å². The maximum absolute atomic E-state index is 12.6. The Labute approximate surface area is 135 Å². The molecule has 0 aliphatic carbocycles. The summed E-state index contributed by atoms with van der Waals surface area (Å²) in [5.41, 5.74) is -0.0153. The number of aryl methyl sites for hydroxylation is 1. The summed E-state index contributed by atoms with van der Waals surface area (Å²) in [6, 6.07) is 6.26. The van der Waals surface area contributed by atoms with Crippen LogP contribution in [0.4, 0.5) is 0 Å².